The van der Waals surface area contributed by atoms with Crippen molar-refractivity contribution >= 4 is 23.3 Å². The molecule has 0 bridgehead atoms. The first-order valence-electron chi connectivity index (χ1n) is 7.19. The molecule has 0 atom stereocenters. The molecule has 0 saturated heterocycles. The van der Waals surface area contributed by atoms with Gasteiger partial charge in [-0.2, -0.15) is 13.2 Å². The molecule has 130 valence electrons. The minimum Gasteiger partial charge on any atom is -0.338 e. The predicted molar refractivity (Wildman–Crippen MR) is 85.8 cm³/mol. The maximum absolute atomic E-state index is 12.8. The number of pyridine rings is 1. The summed E-state index contributed by atoms with van der Waals surface area (Å²) in [5.74, 6) is -0.0627. The Balaban J connectivity index is 2.15. The Morgan fingerprint density at radius 1 is 1.38 bits per heavy atom. The highest BCUT2D eigenvalue weighted by molar-refractivity contribution is 7.99. The van der Waals surface area contributed by atoms with E-state index in [2.05, 4.69) is 16.8 Å². The first-order chi connectivity index (χ1) is 11.2. The van der Waals surface area contributed by atoms with Gasteiger partial charge in [0.2, 0.25) is 5.91 Å². The molecule has 2 aromatic rings. The number of amides is 1. The number of alkyl halides is 3. The molecule has 1 amide bonds. The van der Waals surface area contributed by atoms with E-state index in [1.165, 1.54) is 10.5 Å². The van der Waals surface area contributed by atoms with Crippen LogP contribution in [0, 0.1) is 0 Å². The van der Waals surface area contributed by atoms with E-state index in [-0.39, 0.29) is 16.8 Å². The van der Waals surface area contributed by atoms with Gasteiger partial charge in [0, 0.05) is 19.3 Å². The summed E-state index contributed by atoms with van der Waals surface area (Å²) < 4.78 is 39.7. The van der Waals surface area contributed by atoms with Crippen molar-refractivity contribution in [1.29, 1.82) is 0 Å². The first-order valence-corrected chi connectivity index (χ1v) is 8.18. The van der Waals surface area contributed by atoms with Gasteiger partial charge in [0.05, 0.1) is 11.3 Å². The first kappa shape index (κ1) is 18.3. The van der Waals surface area contributed by atoms with Crippen molar-refractivity contribution in [2.24, 2.45) is 0 Å². The SMILES string of the molecule is C=C(C)CN(CC)C(=O)CSc1nnc2ccc(C(F)(F)F)cn12. The van der Waals surface area contributed by atoms with Crippen molar-refractivity contribution in [3.8, 4) is 0 Å². The minimum absolute atomic E-state index is 0.0676. The largest absolute Gasteiger partial charge is 0.417 e. The fraction of sp³-hybridized carbons (Fsp3) is 0.400. The second-order valence-electron chi connectivity index (χ2n) is 5.28. The molecule has 24 heavy (non-hydrogen) atoms. The van der Waals surface area contributed by atoms with Crippen molar-refractivity contribution < 1.29 is 18.0 Å². The molecule has 9 heteroatoms. The van der Waals surface area contributed by atoms with Crippen LogP contribution >= 0.6 is 11.8 Å². The number of fused-ring (bicyclic) bond motifs is 1. The van der Waals surface area contributed by atoms with Crippen LogP contribution < -0.4 is 0 Å². The third-order valence-corrected chi connectivity index (χ3v) is 4.15. The summed E-state index contributed by atoms with van der Waals surface area (Å²) in [6.07, 6.45) is -3.51. The molecule has 0 saturated carbocycles. The van der Waals surface area contributed by atoms with E-state index in [9.17, 15) is 18.0 Å². The highest BCUT2D eigenvalue weighted by Crippen LogP contribution is 2.30. The van der Waals surface area contributed by atoms with Gasteiger partial charge >= 0.3 is 6.18 Å². The van der Waals surface area contributed by atoms with E-state index >= 15 is 0 Å². The summed E-state index contributed by atoms with van der Waals surface area (Å²) >= 11 is 1.06. The third-order valence-electron chi connectivity index (χ3n) is 3.22. The van der Waals surface area contributed by atoms with E-state index in [1.807, 2.05) is 13.8 Å². The second-order valence-corrected chi connectivity index (χ2v) is 6.22. The molecule has 0 aliphatic carbocycles. The molecule has 2 heterocycles. The van der Waals surface area contributed by atoms with Crippen LogP contribution in [0.25, 0.3) is 5.65 Å². The molecule has 0 aromatic carbocycles. The Morgan fingerprint density at radius 2 is 2.08 bits per heavy atom. The molecule has 0 aliphatic rings. The van der Waals surface area contributed by atoms with Gasteiger partial charge < -0.3 is 4.90 Å². The zero-order valence-corrected chi connectivity index (χ0v) is 14.1. The van der Waals surface area contributed by atoms with Crippen LogP contribution in [-0.2, 0) is 11.0 Å². The molecule has 0 unspecified atom stereocenters. The average Bonchev–Trinajstić information content (AvgIpc) is 2.91. The number of nitrogens with zero attached hydrogens (tertiary/aromatic N) is 4. The highest BCUT2D eigenvalue weighted by atomic mass is 32.2. The van der Waals surface area contributed by atoms with E-state index < -0.39 is 11.7 Å². The highest BCUT2D eigenvalue weighted by Gasteiger charge is 2.31. The predicted octanol–water partition coefficient (Wildman–Crippen LogP) is 3.26. The Labute approximate surface area is 141 Å². The fourth-order valence-corrected chi connectivity index (χ4v) is 2.87. The smallest absolute Gasteiger partial charge is 0.338 e. The second kappa shape index (κ2) is 7.25. The number of rotatable bonds is 6. The van der Waals surface area contributed by atoms with Crippen molar-refractivity contribution in [1.82, 2.24) is 19.5 Å². The molecule has 2 rings (SSSR count). The van der Waals surface area contributed by atoms with E-state index in [0.717, 1.165) is 29.6 Å². The number of hydrogen-bond donors (Lipinski definition) is 0. The van der Waals surface area contributed by atoms with Crippen LogP contribution in [0.3, 0.4) is 0 Å². The van der Waals surface area contributed by atoms with Crippen LogP contribution in [0.4, 0.5) is 13.2 Å². The Morgan fingerprint density at radius 3 is 2.67 bits per heavy atom. The van der Waals surface area contributed by atoms with Gasteiger partial charge in [-0.25, -0.2) is 0 Å². The summed E-state index contributed by atoms with van der Waals surface area (Å²) in [6, 6.07) is 2.20. The van der Waals surface area contributed by atoms with Crippen LogP contribution in [-0.4, -0.2) is 44.2 Å². The van der Waals surface area contributed by atoms with Crippen molar-refractivity contribution in [3.63, 3.8) is 0 Å². The summed E-state index contributed by atoms with van der Waals surface area (Å²) in [6.45, 7) is 8.44. The minimum atomic E-state index is -4.45. The number of likely N-dealkylation sites (N-methyl/N-ethyl adjacent to an activating group) is 1. The molecule has 0 N–H and O–H groups in total. The van der Waals surface area contributed by atoms with Crippen LogP contribution in [0.1, 0.15) is 19.4 Å². The zero-order valence-electron chi connectivity index (χ0n) is 13.3. The van der Waals surface area contributed by atoms with Crippen LogP contribution in [0.15, 0.2) is 35.6 Å². The van der Waals surface area contributed by atoms with Gasteiger partial charge in [-0.05, 0) is 26.0 Å². The zero-order chi connectivity index (χ0) is 17.9. The van der Waals surface area contributed by atoms with Crippen molar-refractivity contribution in [2.45, 2.75) is 25.2 Å². The average molecular weight is 358 g/mol. The third kappa shape index (κ3) is 4.28. The molecule has 2 aromatic heterocycles. The lowest BCUT2D eigenvalue weighted by molar-refractivity contribution is -0.138. The maximum Gasteiger partial charge on any atom is 0.417 e. The normalized spacial score (nSPS) is 11.7. The molecular formula is C15H17F3N4OS. The van der Waals surface area contributed by atoms with Gasteiger partial charge in [-0.3, -0.25) is 9.20 Å². The lowest BCUT2D eigenvalue weighted by Crippen LogP contribution is -2.33. The topological polar surface area (TPSA) is 50.5 Å². The lowest BCUT2D eigenvalue weighted by Gasteiger charge is -2.20. The Kier molecular flexibility index (Phi) is 5.53. The van der Waals surface area contributed by atoms with Gasteiger partial charge in [0.1, 0.15) is 0 Å². The van der Waals surface area contributed by atoms with E-state index in [4.69, 9.17) is 0 Å². The number of hydrogen-bond acceptors (Lipinski definition) is 4. The molecule has 0 fully saturated rings. The standard InChI is InChI=1S/C15H17F3N4OS/c1-4-21(7-10(2)3)13(23)9-24-14-20-19-12-6-5-11(8-22(12)14)15(16,17)18/h5-6,8H,2,4,7,9H2,1,3H3. The van der Waals surface area contributed by atoms with Crippen LogP contribution in [0.5, 0.6) is 0 Å². The molecule has 5 nitrogen and oxygen atoms in total. The van der Waals surface area contributed by atoms with Gasteiger partial charge in [0.15, 0.2) is 10.8 Å². The monoisotopic (exact) mass is 358 g/mol. The van der Waals surface area contributed by atoms with Crippen LogP contribution in [0.2, 0.25) is 0 Å². The number of thioether (sulfide) groups is 1. The number of halogens is 3. The molecule has 0 spiro atoms. The Hall–Kier alpha value is -2.03. The quantitative estimate of drug-likeness (QED) is 0.587. The number of aromatic nitrogens is 3. The van der Waals surface area contributed by atoms with Gasteiger partial charge in [0.25, 0.3) is 0 Å². The van der Waals surface area contributed by atoms with Gasteiger partial charge in [-0.1, -0.05) is 23.9 Å². The summed E-state index contributed by atoms with van der Waals surface area (Å²) in [4.78, 5) is 13.8. The molecule has 0 aliphatic heterocycles. The summed E-state index contributed by atoms with van der Waals surface area (Å²) in [5.41, 5.74) is 0.366. The number of carbonyl (C=O) groups is 1. The van der Waals surface area contributed by atoms with Gasteiger partial charge in [-0.15, -0.1) is 10.2 Å². The molecule has 0 radical (unpaired) electrons. The lowest BCUT2D eigenvalue weighted by atomic mass is 10.3. The summed E-state index contributed by atoms with van der Waals surface area (Å²) in [7, 11) is 0. The maximum atomic E-state index is 12.8. The van der Waals surface area contributed by atoms with E-state index in [0.29, 0.717) is 18.7 Å². The Bertz CT molecular complexity index is 757. The molecular weight excluding hydrogens is 341 g/mol. The fourth-order valence-electron chi connectivity index (χ4n) is 2.06. The summed E-state index contributed by atoms with van der Waals surface area (Å²) in [5, 5.41) is 7.92. The van der Waals surface area contributed by atoms with Crippen molar-refractivity contribution in [2.75, 3.05) is 18.8 Å². The van der Waals surface area contributed by atoms with Crippen molar-refractivity contribution in [3.05, 3.63) is 36.0 Å². The van der Waals surface area contributed by atoms with E-state index in [1.54, 1.807) is 4.90 Å². The number of carbonyl (C=O) groups excluding carboxylic acids is 1.